The van der Waals surface area contributed by atoms with Crippen molar-refractivity contribution in [3.05, 3.63) is 34.9 Å². The molecule has 0 heterocycles. The molecule has 0 aliphatic rings. The van der Waals surface area contributed by atoms with E-state index in [1.165, 1.54) is 7.05 Å². The summed E-state index contributed by atoms with van der Waals surface area (Å²) in [5.41, 5.74) is -1.23. The van der Waals surface area contributed by atoms with Gasteiger partial charge in [-0.25, -0.2) is 22.0 Å². The van der Waals surface area contributed by atoms with Crippen LogP contribution in [0.4, 0.5) is 8.78 Å². The molecule has 0 unspecified atom stereocenters. The molecule has 0 fully saturated rings. The molecule has 0 atom stereocenters. The Bertz CT molecular complexity index is 687. The van der Waals surface area contributed by atoms with Crippen LogP contribution in [0.1, 0.15) is 20.7 Å². The van der Waals surface area contributed by atoms with Crippen molar-refractivity contribution in [3.63, 3.8) is 0 Å². The molecule has 1 amide bonds. The van der Waals surface area contributed by atoms with Gasteiger partial charge in [0.05, 0.1) is 16.9 Å². The zero-order chi connectivity index (χ0) is 16.4. The van der Waals surface area contributed by atoms with Gasteiger partial charge in [-0.05, 0) is 12.1 Å². The number of hydrogen-bond acceptors (Lipinski definition) is 4. The van der Waals surface area contributed by atoms with Gasteiger partial charge in [-0.1, -0.05) is 0 Å². The third-order valence-electron chi connectivity index (χ3n) is 2.67. The minimum absolute atomic E-state index is 0.199. The maximum absolute atomic E-state index is 13.2. The molecule has 1 rings (SSSR count). The van der Waals surface area contributed by atoms with Crippen LogP contribution in [-0.2, 0) is 9.84 Å². The molecule has 1 aromatic rings. The van der Waals surface area contributed by atoms with Crippen molar-refractivity contribution >= 4 is 21.7 Å². The highest BCUT2D eigenvalue weighted by molar-refractivity contribution is 7.90. The summed E-state index contributed by atoms with van der Waals surface area (Å²) in [4.78, 5) is 23.9. The van der Waals surface area contributed by atoms with Crippen LogP contribution in [0.15, 0.2) is 12.1 Å². The molecule has 1 N–H and O–H groups in total. The number of carbonyl (C=O) groups excluding carboxylic acids is 1. The van der Waals surface area contributed by atoms with Gasteiger partial charge in [0.2, 0.25) is 0 Å². The largest absolute Gasteiger partial charge is 0.478 e. The van der Waals surface area contributed by atoms with Gasteiger partial charge in [0.1, 0.15) is 9.84 Å². The second kappa shape index (κ2) is 6.17. The molecule has 0 aromatic heterocycles. The number of aromatic carboxylic acids is 1. The predicted octanol–water partition coefficient (Wildman–Crippen LogP) is 0.780. The third kappa shape index (κ3) is 4.48. The molecule has 6 nitrogen and oxygen atoms in total. The second-order valence-corrected chi connectivity index (χ2v) is 6.73. The van der Waals surface area contributed by atoms with Gasteiger partial charge in [-0.2, -0.15) is 0 Å². The first kappa shape index (κ1) is 17.0. The van der Waals surface area contributed by atoms with Crippen molar-refractivity contribution in [2.45, 2.75) is 0 Å². The summed E-state index contributed by atoms with van der Waals surface area (Å²) < 4.78 is 48.3. The summed E-state index contributed by atoms with van der Waals surface area (Å²) in [7, 11) is -2.08. The fourth-order valence-electron chi connectivity index (χ4n) is 1.51. The molecule has 9 heteroatoms. The van der Waals surface area contributed by atoms with Crippen LogP contribution in [0, 0.1) is 11.6 Å². The van der Waals surface area contributed by atoms with Gasteiger partial charge in [0, 0.05) is 19.8 Å². The van der Waals surface area contributed by atoms with Crippen LogP contribution in [0.2, 0.25) is 0 Å². The Morgan fingerprint density at radius 3 is 2.10 bits per heavy atom. The van der Waals surface area contributed by atoms with Crippen LogP contribution >= 0.6 is 0 Å². The Labute approximate surface area is 119 Å². The lowest BCUT2D eigenvalue weighted by Crippen LogP contribution is -2.32. The smallest absolute Gasteiger partial charge is 0.336 e. The van der Waals surface area contributed by atoms with E-state index in [4.69, 9.17) is 5.11 Å². The van der Waals surface area contributed by atoms with E-state index in [1.807, 2.05) is 0 Å². The molecule has 0 saturated heterocycles. The zero-order valence-electron chi connectivity index (χ0n) is 11.3. The van der Waals surface area contributed by atoms with Gasteiger partial charge in [-0.15, -0.1) is 0 Å². The van der Waals surface area contributed by atoms with Crippen molar-refractivity contribution in [1.82, 2.24) is 4.90 Å². The molecular weight excluding hydrogens is 308 g/mol. The van der Waals surface area contributed by atoms with E-state index < -0.39 is 44.5 Å². The minimum atomic E-state index is -3.32. The van der Waals surface area contributed by atoms with Gasteiger partial charge in [-0.3, -0.25) is 4.79 Å². The predicted molar refractivity (Wildman–Crippen MR) is 70.0 cm³/mol. The van der Waals surface area contributed by atoms with E-state index in [-0.39, 0.29) is 12.3 Å². The first-order valence-electron chi connectivity index (χ1n) is 5.68. The van der Waals surface area contributed by atoms with Crippen LogP contribution in [0.3, 0.4) is 0 Å². The highest BCUT2D eigenvalue weighted by Crippen LogP contribution is 2.17. The van der Waals surface area contributed by atoms with Crippen LogP contribution < -0.4 is 0 Å². The summed E-state index contributed by atoms with van der Waals surface area (Å²) >= 11 is 0. The van der Waals surface area contributed by atoms with E-state index >= 15 is 0 Å². The quantitative estimate of drug-likeness (QED) is 0.865. The molecule has 0 spiro atoms. The number of benzene rings is 1. The molecule has 0 radical (unpaired) electrons. The number of carboxylic acids is 1. The van der Waals surface area contributed by atoms with Crippen molar-refractivity contribution in [1.29, 1.82) is 0 Å². The van der Waals surface area contributed by atoms with Gasteiger partial charge in [0.25, 0.3) is 5.91 Å². The topological polar surface area (TPSA) is 91.8 Å². The summed E-state index contributed by atoms with van der Waals surface area (Å²) in [6.07, 6.45) is 0.978. The van der Waals surface area contributed by atoms with Crippen LogP contribution in [0.25, 0.3) is 0 Å². The summed E-state index contributed by atoms with van der Waals surface area (Å²) in [6.45, 7) is -0.199. The van der Waals surface area contributed by atoms with E-state index in [2.05, 4.69) is 0 Å². The van der Waals surface area contributed by atoms with Gasteiger partial charge >= 0.3 is 5.97 Å². The number of sulfone groups is 1. The Kier molecular flexibility index (Phi) is 5.00. The highest BCUT2D eigenvalue weighted by atomic mass is 32.2. The normalized spacial score (nSPS) is 11.2. The minimum Gasteiger partial charge on any atom is -0.478 e. The molecule has 0 saturated carbocycles. The monoisotopic (exact) mass is 321 g/mol. The van der Waals surface area contributed by atoms with Crippen molar-refractivity contribution in [2.24, 2.45) is 0 Å². The molecule has 0 bridgehead atoms. The van der Waals surface area contributed by atoms with E-state index in [9.17, 15) is 26.8 Å². The molecule has 116 valence electrons. The van der Waals surface area contributed by atoms with Crippen molar-refractivity contribution in [3.8, 4) is 0 Å². The summed E-state index contributed by atoms with van der Waals surface area (Å²) in [6, 6.07) is 0.896. The first-order chi connectivity index (χ1) is 9.53. The number of hydrogen-bond donors (Lipinski definition) is 1. The zero-order valence-corrected chi connectivity index (χ0v) is 12.1. The van der Waals surface area contributed by atoms with E-state index in [0.29, 0.717) is 12.1 Å². The first-order valence-corrected chi connectivity index (χ1v) is 7.74. The molecule has 0 aliphatic heterocycles. The lowest BCUT2D eigenvalue weighted by atomic mass is 10.1. The lowest BCUT2D eigenvalue weighted by Gasteiger charge is -2.18. The standard InChI is InChI=1S/C12H13F2NO5S/c1-15(3-4-21(2,19)20)11(16)7-5-9(13)10(14)6-8(7)12(17)18/h5-6H,3-4H2,1-2H3,(H,17,18). The van der Waals surface area contributed by atoms with Crippen molar-refractivity contribution < 1.29 is 31.9 Å². The Hall–Kier alpha value is -2.03. The average Bonchev–Trinajstić information content (AvgIpc) is 2.36. The van der Waals surface area contributed by atoms with E-state index in [0.717, 1.165) is 11.2 Å². The van der Waals surface area contributed by atoms with Crippen LogP contribution in [-0.4, -0.2) is 55.9 Å². The SMILES string of the molecule is CN(CCS(C)(=O)=O)C(=O)c1cc(F)c(F)cc1C(=O)O. The number of carboxylic acid groups (broad SMARTS) is 1. The third-order valence-corrected chi connectivity index (χ3v) is 3.59. The number of amides is 1. The number of nitrogens with zero attached hydrogens (tertiary/aromatic N) is 1. The Balaban J connectivity index is 3.12. The Morgan fingerprint density at radius 2 is 1.67 bits per heavy atom. The summed E-state index contributed by atoms with van der Waals surface area (Å²) in [5, 5.41) is 8.92. The molecule has 0 aliphatic carbocycles. The molecule has 21 heavy (non-hydrogen) atoms. The van der Waals surface area contributed by atoms with E-state index in [1.54, 1.807) is 0 Å². The van der Waals surface area contributed by atoms with Gasteiger partial charge < -0.3 is 10.0 Å². The fraction of sp³-hybridized carbons (Fsp3) is 0.333. The average molecular weight is 321 g/mol. The number of carbonyl (C=O) groups is 2. The summed E-state index contributed by atoms with van der Waals surface area (Å²) in [5.74, 6) is -5.58. The lowest BCUT2D eigenvalue weighted by molar-refractivity contribution is 0.0681. The highest BCUT2D eigenvalue weighted by Gasteiger charge is 2.23. The second-order valence-electron chi connectivity index (χ2n) is 4.47. The number of halogens is 2. The fourth-order valence-corrected chi connectivity index (χ4v) is 2.12. The molecule has 1 aromatic carbocycles. The van der Waals surface area contributed by atoms with Crippen molar-refractivity contribution in [2.75, 3.05) is 25.6 Å². The maximum Gasteiger partial charge on any atom is 0.336 e. The Morgan fingerprint density at radius 1 is 1.19 bits per heavy atom. The van der Waals surface area contributed by atoms with Crippen LogP contribution in [0.5, 0.6) is 0 Å². The van der Waals surface area contributed by atoms with Gasteiger partial charge in [0.15, 0.2) is 11.6 Å². The molecular formula is C12H13F2NO5S. The number of rotatable bonds is 5. The maximum atomic E-state index is 13.2.